The van der Waals surface area contributed by atoms with E-state index in [1.807, 2.05) is 56.1 Å². The highest BCUT2D eigenvalue weighted by Crippen LogP contribution is 2.33. The number of carbonyl (C=O) groups is 1. The molecule has 1 aromatic carbocycles. The number of rotatable bonds is 9. The van der Waals surface area contributed by atoms with Gasteiger partial charge in [0.1, 0.15) is 5.69 Å². The van der Waals surface area contributed by atoms with Gasteiger partial charge in [-0.1, -0.05) is 49.3 Å². The first-order valence-corrected chi connectivity index (χ1v) is 11.2. The van der Waals surface area contributed by atoms with Gasteiger partial charge in [0.05, 0.1) is 25.3 Å². The molecule has 0 bridgehead atoms. The van der Waals surface area contributed by atoms with Gasteiger partial charge >= 0.3 is 0 Å². The lowest BCUT2D eigenvalue weighted by molar-refractivity contribution is -0.135. The summed E-state index contributed by atoms with van der Waals surface area (Å²) >= 11 is 0. The fourth-order valence-corrected chi connectivity index (χ4v) is 3.69. The number of anilines is 1. The standard InChI is InChI=1S/C24H36N4O3/c1-18(2)23(29)28(12-11-27-13-15-30-16-14-27)17-21-22(20-9-7-6-8-10-20)25-31-24(21)26(5)19(3)4/h6-10,18-19H,11-17H2,1-5H3. The molecule has 170 valence electrons. The van der Waals surface area contributed by atoms with E-state index in [1.165, 1.54) is 0 Å². The van der Waals surface area contributed by atoms with Crippen molar-refractivity contribution in [1.29, 1.82) is 0 Å². The van der Waals surface area contributed by atoms with Crippen molar-refractivity contribution in [2.24, 2.45) is 5.92 Å². The Morgan fingerprint density at radius 1 is 1.13 bits per heavy atom. The Hall–Kier alpha value is -2.38. The highest BCUT2D eigenvalue weighted by molar-refractivity contribution is 5.79. The third-order valence-electron chi connectivity index (χ3n) is 5.85. The van der Waals surface area contributed by atoms with Gasteiger partial charge in [-0.3, -0.25) is 9.69 Å². The molecule has 1 aliphatic rings. The largest absolute Gasteiger partial charge is 0.379 e. The Morgan fingerprint density at radius 2 is 1.81 bits per heavy atom. The van der Waals surface area contributed by atoms with Crippen LogP contribution in [0.4, 0.5) is 5.88 Å². The minimum atomic E-state index is -0.0731. The Balaban J connectivity index is 1.90. The van der Waals surface area contributed by atoms with Crippen molar-refractivity contribution in [3.05, 3.63) is 35.9 Å². The maximum Gasteiger partial charge on any atom is 0.232 e. The third-order valence-corrected chi connectivity index (χ3v) is 5.85. The van der Waals surface area contributed by atoms with Gasteiger partial charge < -0.3 is 19.1 Å². The second kappa shape index (κ2) is 10.8. The molecule has 2 aromatic rings. The number of aromatic nitrogens is 1. The van der Waals surface area contributed by atoms with E-state index in [0.29, 0.717) is 13.1 Å². The average molecular weight is 429 g/mol. The first kappa shape index (κ1) is 23.3. The van der Waals surface area contributed by atoms with Gasteiger partial charge in [-0.25, -0.2) is 0 Å². The second-order valence-corrected chi connectivity index (χ2v) is 8.75. The smallest absolute Gasteiger partial charge is 0.232 e. The van der Waals surface area contributed by atoms with Crippen molar-refractivity contribution in [3.63, 3.8) is 0 Å². The van der Waals surface area contributed by atoms with Gasteiger partial charge in [0, 0.05) is 50.7 Å². The van der Waals surface area contributed by atoms with E-state index in [2.05, 4.69) is 28.8 Å². The molecule has 0 saturated carbocycles. The fourth-order valence-electron chi connectivity index (χ4n) is 3.69. The number of morpholine rings is 1. The lowest BCUT2D eigenvalue weighted by atomic mass is 10.1. The first-order valence-electron chi connectivity index (χ1n) is 11.2. The minimum absolute atomic E-state index is 0.0731. The summed E-state index contributed by atoms with van der Waals surface area (Å²) in [6.07, 6.45) is 0. The minimum Gasteiger partial charge on any atom is -0.379 e. The summed E-state index contributed by atoms with van der Waals surface area (Å²) in [6, 6.07) is 10.3. The van der Waals surface area contributed by atoms with Gasteiger partial charge in [0.15, 0.2) is 0 Å². The fraction of sp³-hybridized carbons (Fsp3) is 0.583. The van der Waals surface area contributed by atoms with Crippen molar-refractivity contribution in [2.75, 3.05) is 51.3 Å². The van der Waals surface area contributed by atoms with Gasteiger partial charge in [-0.15, -0.1) is 0 Å². The monoisotopic (exact) mass is 428 g/mol. The second-order valence-electron chi connectivity index (χ2n) is 8.75. The highest BCUT2D eigenvalue weighted by Gasteiger charge is 2.27. The van der Waals surface area contributed by atoms with Crippen LogP contribution in [0, 0.1) is 5.92 Å². The van der Waals surface area contributed by atoms with Crippen LogP contribution in [-0.2, 0) is 16.1 Å². The molecule has 2 heterocycles. The van der Waals surface area contributed by atoms with Crippen LogP contribution in [0.5, 0.6) is 0 Å². The number of amides is 1. The maximum absolute atomic E-state index is 13.1. The van der Waals surface area contributed by atoms with E-state index in [-0.39, 0.29) is 17.9 Å². The Labute approximate surface area is 185 Å². The van der Waals surface area contributed by atoms with E-state index in [9.17, 15) is 4.79 Å². The van der Waals surface area contributed by atoms with E-state index in [4.69, 9.17) is 9.26 Å². The predicted octanol–water partition coefficient (Wildman–Crippen LogP) is 3.50. The van der Waals surface area contributed by atoms with Crippen LogP contribution in [-0.4, -0.2) is 73.3 Å². The van der Waals surface area contributed by atoms with E-state index >= 15 is 0 Å². The number of nitrogens with zero attached hydrogens (tertiary/aromatic N) is 4. The summed E-state index contributed by atoms with van der Waals surface area (Å²) in [5.41, 5.74) is 2.75. The molecule has 0 unspecified atom stereocenters. The van der Waals surface area contributed by atoms with Crippen LogP contribution in [0.1, 0.15) is 33.3 Å². The number of benzene rings is 1. The van der Waals surface area contributed by atoms with Gasteiger partial charge in [-0.2, -0.15) is 0 Å². The normalized spacial score (nSPS) is 14.9. The van der Waals surface area contributed by atoms with E-state index < -0.39 is 0 Å². The van der Waals surface area contributed by atoms with E-state index in [1.54, 1.807) is 0 Å². The summed E-state index contributed by atoms with van der Waals surface area (Å²) in [6.45, 7) is 13.4. The topological polar surface area (TPSA) is 62.1 Å². The molecule has 1 fully saturated rings. The molecule has 1 saturated heterocycles. The molecule has 1 aromatic heterocycles. The van der Waals surface area contributed by atoms with Gasteiger partial charge in [0.2, 0.25) is 11.8 Å². The Kier molecular flexibility index (Phi) is 8.09. The lowest BCUT2D eigenvalue weighted by Crippen LogP contribution is -2.44. The molecule has 0 aliphatic carbocycles. The number of hydrogen-bond acceptors (Lipinski definition) is 6. The van der Waals surface area contributed by atoms with Gasteiger partial charge in [-0.05, 0) is 13.8 Å². The summed E-state index contributed by atoms with van der Waals surface area (Å²) in [5, 5.41) is 4.42. The zero-order chi connectivity index (χ0) is 22.4. The van der Waals surface area contributed by atoms with Crippen molar-refractivity contribution in [1.82, 2.24) is 15.0 Å². The summed E-state index contributed by atoms with van der Waals surface area (Å²) in [7, 11) is 2.01. The zero-order valence-electron chi connectivity index (χ0n) is 19.5. The van der Waals surface area contributed by atoms with E-state index in [0.717, 1.165) is 55.6 Å². The van der Waals surface area contributed by atoms with Gasteiger partial charge in [0.25, 0.3) is 0 Å². The van der Waals surface area contributed by atoms with Crippen molar-refractivity contribution >= 4 is 11.8 Å². The third kappa shape index (κ3) is 5.86. The summed E-state index contributed by atoms with van der Waals surface area (Å²) < 4.78 is 11.3. The number of carbonyl (C=O) groups excluding carboxylic acids is 1. The molecule has 7 heteroatoms. The molecule has 3 rings (SSSR count). The summed E-state index contributed by atoms with van der Waals surface area (Å²) in [5.74, 6) is 0.796. The molecule has 0 spiro atoms. The van der Waals surface area contributed by atoms with Crippen LogP contribution in [0.2, 0.25) is 0 Å². The van der Waals surface area contributed by atoms with Crippen LogP contribution >= 0.6 is 0 Å². The number of hydrogen-bond donors (Lipinski definition) is 0. The predicted molar refractivity (Wildman–Crippen MR) is 123 cm³/mol. The molecule has 31 heavy (non-hydrogen) atoms. The zero-order valence-corrected chi connectivity index (χ0v) is 19.5. The summed E-state index contributed by atoms with van der Waals surface area (Å²) in [4.78, 5) is 19.5. The Morgan fingerprint density at radius 3 is 2.42 bits per heavy atom. The maximum atomic E-state index is 13.1. The highest BCUT2D eigenvalue weighted by atomic mass is 16.5. The van der Waals surface area contributed by atoms with Crippen LogP contribution < -0.4 is 4.90 Å². The van der Waals surface area contributed by atoms with Crippen molar-refractivity contribution in [3.8, 4) is 11.3 Å². The molecule has 1 aliphatic heterocycles. The first-order chi connectivity index (χ1) is 14.9. The molecule has 0 atom stereocenters. The molecule has 1 amide bonds. The van der Waals surface area contributed by atoms with Crippen LogP contribution in [0.3, 0.4) is 0 Å². The molecule has 7 nitrogen and oxygen atoms in total. The molecular weight excluding hydrogens is 392 g/mol. The SMILES string of the molecule is CC(C)C(=O)N(CCN1CCOCC1)Cc1c(-c2ccccc2)noc1N(C)C(C)C. The quantitative estimate of drug-likeness (QED) is 0.609. The molecule has 0 N–H and O–H groups in total. The van der Waals surface area contributed by atoms with Crippen molar-refractivity contribution < 1.29 is 14.1 Å². The lowest BCUT2D eigenvalue weighted by Gasteiger charge is -2.31. The Bertz CT molecular complexity index is 829. The average Bonchev–Trinajstić information content (AvgIpc) is 3.20. The van der Waals surface area contributed by atoms with Crippen LogP contribution in [0.15, 0.2) is 34.9 Å². The molecular formula is C24H36N4O3. The van der Waals surface area contributed by atoms with Crippen LogP contribution in [0.25, 0.3) is 11.3 Å². The molecule has 0 radical (unpaired) electrons. The van der Waals surface area contributed by atoms with Crippen molar-refractivity contribution in [2.45, 2.75) is 40.3 Å². The number of ether oxygens (including phenoxy) is 1.